The zero-order valence-corrected chi connectivity index (χ0v) is 16.5. The van der Waals surface area contributed by atoms with Crippen molar-refractivity contribution in [2.45, 2.75) is 52.1 Å². The summed E-state index contributed by atoms with van der Waals surface area (Å²) in [6.45, 7) is 6.03. The Morgan fingerprint density at radius 1 is 1.22 bits per heavy atom. The first-order valence-corrected chi connectivity index (χ1v) is 9.69. The minimum absolute atomic E-state index is 0.0418. The molecule has 3 N–H and O–H groups in total. The second-order valence-electron chi connectivity index (χ2n) is 6.74. The molecule has 0 aromatic heterocycles. The number of anilines is 1. The van der Waals surface area contributed by atoms with E-state index in [4.69, 9.17) is 0 Å². The standard InChI is InChI=1S/C20H31N5O2/c1-4-6-18(26)23-16-9-7-15(8-10-16)13-22-20(21-3)24-17-11-12-25(14-17)19(27)5-2/h7-10,17H,4-6,11-14H2,1-3H3,(H,23,26)(H2,21,22,24). The zero-order chi connectivity index (χ0) is 19.6. The molecular weight excluding hydrogens is 342 g/mol. The number of benzene rings is 1. The summed E-state index contributed by atoms with van der Waals surface area (Å²) in [6, 6.07) is 8.01. The Kier molecular flexibility index (Phi) is 8.10. The van der Waals surface area contributed by atoms with Crippen molar-refractivity contribution in [2.75, 3.05) is 25.5 Å². The molecule has 1 saturated heterocycles. The van der Waals surface area contributed by atoms with Crippen LogP contribution < -0.4 is 16.0 Å². The van der Waals surface area contributed by atoms with E-state index in [1.54, 1.807) is 7.05 Å². The van der Waals surface area contributed by atoms with Gasteiger partial charge in [-0.3, -0.25) is 14.6 Å². The highest BCUT2D eigenvalue weighted by Gasteiger charge is 2.25. The Morgan fingerprint density at radius 2 is 1.96 bits per heavy atom. The van der Waals surface area contributed by atoms with Gasteiger partial charge in [-0.05, 0) is 30.5 Å². The Bertz CT molecular complexity index is 657. The third-order valence-corrected chi connectivity index (χ3v) is 4.58. The molecule has 0 radical (unpaired) electrons. The molecule has 7 heteroatoms. The molecule has 1 heterocycles. The van der Waals surface area contributed by atoms with Crippen LogP contribution in [0.3, 0.4) is 0 Å². The van der Waals surface area contributed by atoms with E-state index in [9.17, 15) is 9.59 Å². The maximum absolute atomic E-state index is 11.8. The van der Waals surface area contributed by atoms with Gasteiger partial charge in [0.15, 0.2) is 5.96 Å². The van der Waals surface area contributed by atoms with Crippen molar-refractivity contribution < 1.29 is 9.59 Å². The fourth-order valence-corrected chi connectivity index (χ4v) is 3.06. The maximum Gasteiger partial charge on any atom is 0.224 e. The number of nitrogens with zero attached hydrogens (tertiary/aromatic N) is 2. The summed E-state index contributed by atoms with van der Waals surface area (Å²) in [5, 5.41) is 9.57. The summed E-state index contributed by atoms with van der Waals surface area (Å²) in [7, 11) is 1.74. The average molecular weight is 374 g/mol. The van der Waals surface area contributed by atoms with Gasteiger partial charge in [-0.15, -0.1) is 0 Å². The summed E-state index contributed by atoms with van der Waals surface area (Å²) in [4.78, 5) is 29.6. The molecule has 0 saturated carbocycles. The predicted octanol–water partition coefficient (Wildman–Crippen LogP) is 2.10. The molecule has 2 amide bonds. The van der Waals surface area contributed by atoms with Crippen molar-refractivity contribution in [2.24, 2.45) is 4.99 Å². The molecule has 1 aromatic carbocycles. The highest BCUT2D eigenvalue weighted by atomic mass is 16.2. The molecule has 1 aromatic rings. The summed E-state index contributed by atoms with van der Waals surface area (Å²) in [6.07, 6.45) is 2.85. The first-order valence-electron chi connectivity index (χ1n) is 9.69. The van der Waals surface area contributed by atoms with Crippen LogP contribution in [0.4, 0.5) is 5.69 Å². The minimum Gasteiger partial charge on any atom is -0.352 e. The van der Waals surface area contributed by atoms with Crippen LogP contribution >= 0.6 is 0 Å². The molecule has 0 spiro atoms. The molecule has 148 valence electrons. The summed E-state index contributed by atoms with van der Waals surface area (Å²) < 4.78 is 0. The normalized spacial score (nSPS) is 16.9. The lowest BCUT2D eigenvalue weighted by atomic mass is 10.2. The predicted molar refractivity (Wildman–Crippen MR) is 109 cm³/mol. The molecule has 1 unspecified atom stereocenters. The summed E-state index contributed by atoms with van der Waals surface area (Å²) >= 11 is 0. The van der Waals surface area contributed by atoms with Crippen LogP contribution in [0.1, 0.15) is 45.1 Å². The molecular formula is C20H31N5O2. The number of likely N-dealkylation sites (tertiary alicyclic amines) is 1. The smallest absolute Gasteiger partial charge is 0.224 e. The van der Waals surface area contributed by atoms with Gasteiger partial charge in [0, 0.05) is 51.3 Å². The van der Waals surface area contributed by atoms with Gasteiger partial charge in [0.05, 0.1) is 0 Å². The molecule has 0 aliphatic carbocycles. The van der Waals surface area contributed by atoms with Gasteiger partial charge in [0.25, 0.3) is 0 Å². The number of nitrogens with one attached hydrogen (secondary N) is 3. The number of aliphatic imine (C=N–C) groups is 1. The third-order valence-electron chi connectivity index (χ3n) is 4.58. The quantitative estimate of drug-likeness (QED) is 0.505. The van der Waals surface area contributed by atoms with Crippen LogP contribution in [0.5, 0.6) is 0 Å². The van der Waals surface area contributed by atoms with E-state index in [2.05, 4.69) is 20.9 Å². The number of amides is 2. The van der Waals surface area contributed by atoms with Crippen molar-refractivity contribution in [3.05, 3.63) is 29.8 Å². The number of rotatable bonds is 7. The number of hydrogen-bond donors (Lipinski definition) is 3. The van der Waals surface area contributed by atoms with Crippen molar-refractivity contribution in [3.8, 4) is 0 Å². The Balaban J connectivity index is 1.79. The summed E-state index contributed by atoms with van der Waals surface area (Å²) in [5.41, 5.74) is 1.91. The van der Waals surface area contributed by atoms with E-state index in [0.717, 1.165) is 43.1 Å². The summed E-state index contributed by atoms with van der Waals surface area (Å²) in [5.74, 6) is 0.972. The van der Waals surface area contributed by atoms with Crippen LogP contribution in [0.15, 0.2) is 29.3 Å². The lowest BCUT2D eigenvalue weighted by Gasteiger charge is -2.18. The van der Waals surface area contributed by atoms with E-state index in [0.29, 0.717) is 19.4 Å². The average Bonchev–Trinajstić information content (AvgIpc) is 3.14. The Morgan fingerprint density at radius 3 is 2.59 bits per heavy atom. The zero-order valence-electron chi connectivity index (χ0n) is 16.5. The fraction of sp³-hybridized carbons (Fsp3) is 0.550. The minimum atomic E-state index is 0.0418. The van der Waals surface area contributed by atoms with Crippen LogP contribution in [0.2, 0.25) is 0 Å². The van der Waals surface area contributed by atoms with Gasteiger partial charge in [0.1, 0.15) is 0 Å². The van der Waals surface area contributed by atoms with Crippen molar-refractivity contribution in [1.82, 2.24) is 15.5 Å². The van der Waals surface area contributed by atoms with E-state index < -0.39 is 0 Å². The fourth-order valence-electron chi connectivity index (χ4n) is 3.06. The largest absolute Gasteiger partial charge is 0.352 e. The van der Waals surface area contributed by atoms with Gasteiger partial charge in [-0.2, -0.15) is 0 Å². The lowest BCUT2D eigenvalue weighted by molar-refractivity contribution is -0.129. The van der Waals surface area contributed by atoms with E-state index >= 15 is 0 Å². The van der Waals surface area contributed by atoms with Crippen LogP contribution in [0.25, 0.3) is 0 Å². The van der Waals surface area contributed by atoms with Gasteiger partial charge in [-0.1, -0.05) is 26.0 Å². The third kappa shape index (κ3) is 6.58. The number of guanidine groups is 1. The highest BCUT2D eigenvalue weighted by Crippen LogP contribution is 2.11. The molecule has 7 nitrogen and oxygen atoms in total. The maximum atomic E-state index is 11.8. The topological polar surface area (TPSA) is 85.8 Å². The number of hydrogen-bond acceptors (Lipinski definition) is 3. The van der Waals surface area contributed by atoms with Gasteiger partial charge < -0.3 is 20.9 Å². The molecule has 27 heavy (non-hydrogen) atoms. The van der Waals surface area contributed by atoms with Crippen molar-refractivity contribution in [1.29, 1.82) is 0 Å². The molecule has 1 aliphatic heterocycles. The van der Waals surface area contributed by atoms with Gasteiger partial charge in [-0.25, -0.2) is 0 Å². The van der Waals surface area contributed by atoms with Crippen molar-refractivity contribution >= 4 is 23.5 Å². The van der Waals surface area contributed by atoms with Gasteiger partial charge in [0.2, 0.25) is 11.8 Å². The Hall–Kier alpha value is -2.57. The first kappa shape index (κ1) is 20.7. The SMILES string of the molecule is CCCC(=O)Nc1ccc(CNC(=NC)NC2CCN(C(=O)CC)C2)cc1. The lowest BCUT2D eigenvalue weighted by Crippen LogP contribution is -2.44. The van der Waals surface area contributed by atoms with Crippen LogP contribution in [0, 0.1) is 0 Å². The monoisotopic (exact) mass is 373 g/mol. The van der Waals surface area contributed by atoms with E-state index in [1.165, 1.54) is 0 Å². The van der Waals surface area contributed by atoms with Crippen LogP contribution in [-0.2, 0) is 16.1 Å². The number of carbonyl (C=O) groups excluding carboxylic acids is 2. The number of carbonyl (C=O) groups is 2. The molecule has 1 aliphatic rings. The van der Waals surface area contributed by atoms with E-state index in [1.807, 2.05) is 43.0 Å². The van der Waals surface area contributed by atoms with Crippen LogP contribution in [-0.4, -0.2) is 48.9 Å². The second kappa shape index (κ2) is 10.5. The first-order chi connectivity index (χ1) is 13.0. The molecule has 1 atom stereocenters. The van der Waals surface area contributed by atoms with E-state index in [-0.39, 0.29) is 17.9 Å². The molecule has 0 bridgehead atoms. The molecule has 2 rings (SSSR count). The molecule has 1 fully saturated rings. The van der Waals surface area contributed by atoms with Gasteiger partial charge >= 0.3 is 0 Å². The van der Waals surface area contributed by atoms with Crippen molar-refractivity contribution in [3.63, 3.8) is 0 Å². The highest BCUT2D eigenvalue weighted by molar-refractivity contribution is 5.90. The Labute approximate surface area is 161 Å². The second-order valence-corrected chi connectivity index (χ2v) is 6.74.